The first-order valence-corrected chi connectivity index (χ1v) is 8.31. The molecule has 3 nitrogen and oxygen atoms in total. The summed E-state index contributed by atoms with van der Waals surface area (Å²) in [6.45, 7) is 0. The molecule has 1 aliphatic rings. The van der Waals surface area contributed by atoms with Gasteiger partial charge >= 0.3 is 0 Å². The molecule has 1 aliphatic carbocycles. The second kappa shape index (κ2) is 5.73. The van der Waals surface area contributed by atoms with Gasteiger partial charge in [-0.3, -0.25) is 9.59 Å². The van der Waals surface area contributed by atoms with Crippen molar-refractivity contribution in [2.45, 2.75) is 0 Å². The van der Waals surface area contributed by atoms with E-state index in [1.165, 1.54) is 0 Å². The standard InChI is InChI=1S/C20H11Cl2NO2/c21-15-7-3-6-10(17(15)22)11-8-9-14-16(18(11)23)20(25)13-5-2-1-4-12(13)19(14)24/h1-9H,23H2. The van der Waals surface area contributed by atoms with Gasteiger partial charge in [-0.15, -0.1) is 0 Å². The molecule has 3 aromatic rings. The highest BCUT2D eigenvalue weighted by Crippen LogP contribution is 2.40. The van der Waals surface area contributed by atoms with Gasteiger partial charge in [0.15, 0.2) is 11.6 Å². The van der Waals surface area contributed by atoms with Crippen LogP contribution in [0.4, 0.5) is 5.69 Å². The SMILES string of the molecule is Nc1c(-c2cccc(Cl)c2Cl)ccc2c1C(=O)c1ccccc1C2=O. The molecule has 4 rings (SSSR count). The Hall–Kier alpha value is -2.62. The van der Waals surface area contributed by atoms with Gasteiger partial charge in [-0.2, -0.15) is 0 Å². The largest absolute Gasteiger partial charge is 0.398 e. The Bertz CT molecular complexity index is 1070. The first kappa shape index (κ1) is 15.9. The van der Waals surface area contributed by atoms with Gasteiger partial charge in [-0.1, -0.05) is 65.7 Å². The van der Waals surface area contributed by atoms with E-state index >= 15 is 0 Å². The minimum atomic E-state index is -0.261. The number of nitrogens with two attached hydrogens (primary N) is 1. The Balaban J connectivity index is 1.99. The lowest BCUT2D eigenvalue weighted by atomic mass is 9.81. The summed E-state index contributed by atoms with van der Waals surface area (Å²) < 4.78 is 0. The molecule has 0 radical (unpaired) electrons. The topological polar surface area (TPSA) is 60.2 Å². The normalized spacial score (nSPS) is 12.7. The number of hydrogen-bond donors (Lipinski definition) is 1. The number of carbonyl (C=O) groups is 2. The van der Waals surface area contributed by atoms with Crippen LogP contribution in [0.25, 0.3) is 11.1 Å². The molecule has 0 bridgehead atoms. The molecule has 0 heterocycles. The lowest BCUT2D eigenvalue weighted by Crippen LogP contribution is -2.22. The second-order valence-electron chi connectivity index (χ2n) is 5.75. The zero-order chi connectivity index (χ0) is 17.7. The number of ketones is 2. The summed E-state index contributed by atoms with van der Waals surface area (Å²) in [5.41, 5.74) is 9.00. The van der Waals surface area contributed by atoms with Crippen molar-refractivity contribution in [3.05, 3.63) is 86.9 Å². The number of nitrogen functional groups attached to an aromatic ring is 1. The number of fused-ring (bicyclic) bond motifs is 2. The molecule has 0 aromatic heterocycles. The average molecular weight is 368 g/mol. The zero-order valence-electron chi connectivity index (χ0n) is 12.8. The van der Waals surface area contributed by atoms with Crippen molar-refractivity contribution >= 4 is 40.5 Å². The van der Waals surface area contributed by atoms with E-state index in [1.807, 2.05) is 0 Å². The summed E-state index contributed by atoms with van der Waals surface area (Å²) in [5, 5.41) is 0.745. The van der Waals surface area contributed by atoms with E-state index < -0.39 is 0 Å². The summed E-state index contributed by atoms with van der Waals surface area (Å²) in [5.74, 6) is -0.469. The van der Waals surface area contributed by atoms with Crippen LogP contribution in [0.1, 0.15) is 31.8 Å². The molecule has 0 atom stereocenters. The molecular formula is C20H11Cl2NO2. The van der Waals surface area contributed by atoms with Crippen molar-refractivity contribution in [2.75, 3.05) is 5.73 Å². The van der Waals surface area contributed by atoms with Crippen molar-refractivity contribution in [2.24, 2.45) is 0 Å². The zero-order valence-corrected chi connectivity index (χ0v) is 14.4. The van der Waals surface area contributed by atoms with Crippen LogP contribution in [0.2, 0.25) is 10.0 Å². The molecule has 25 heavy (non-hydrogen) atoms. The van der Waals surface area contributed by atoms with Crippen LogP contribution in [0.15, 0.2) is 54.6 Å². The molecule has 3 aromatic carbocycles. The fourth-order valence-corrected chi connectivity index (χ4v) is 3.56. The Morgan fingerprint density at radius 2 is 1.24 bits per heavy atom. The second-order valence-corrected chi connectivity index (χ2v) is 6.54. The molecule has 2 N–H and O–H groups in total. The van der Waals surface area contributed by atoms with E-state index in [2.05, 4.69) is 0 Å². The molecule has 0 saturated heterocycles. The average Bonchev–Trinajstić information content (AvgIpc) is 2.62. The number of anilines is 1. The Morgan fingerprint density at radius 1 is 0.640 bits per heavy atom. The summed E-state index contributed by atoms with van der Waals surface area (Å²) in [7, 11) is 0. The number of hydrogen-bond acceptors (Lipinski definition) is 3. The third-order valence-corrected chi connectivity index (χ3v) is 5.19. The van der Waals surface area contributed by atoms with E-state index in [1.54, 1.807) is 54.6 Å². The highest BCUT2D eigenvalue weighted by Gasteiger charge is 2.32. The number of benzene rings is 3. The van der Waals surface area contributed by atoms with Crippen molar-refractivity contribution in [1.29, 1.82) is 0 Å². The van der Waals surface area contributed by atoms with Gasteiger partial charge < -0.3 is 5.73 Å². The first-order valence-electron chi connectivity index (χ1n) is 7.56. The molecule has 0 saturated carbocycles. The molecular weight excluding hydrogens is 357 g/mol. The van der Waals surface area contributed by atoms with Crippen molar-refractivity contribution in [1.82, 2.24) is 0 Å². The first-order chi connectivity index (χ1) is 12.0. The Morgan fingerprint density at radius 3 is 1.96 bits per heavy atom. The van der Waals surface area contributed by atoms with E-state index in [-0.39, 0.29) is 22.8 Å². The fraction of sp³-hybridized carbons (Fsp3) is 0. The smallest absolute Gasteiger partial charge is 0.196 e. The third kappa shape index (κ3) is 2.28. The molecule has 0 aliphatic heterocycles. The van der Waals surface area contributed by atoms with Crippen LogP contribution in [0.3, 0.4) is 0 Å². The predicted octanol–water partition coefficient (Wildman–Crippen LogP) is 5.02. The maximum Gasteiger partial charge on any atom is 0.196 e. The van der Waals surface area contributed by atoms with Gasteiger partial charge in [-0.25, -0.2) is 0 Å². The van der Waals surface area contributed by atoms with Crippen LogP contribution in [-0.2, 0) is 0 Å². The van der Waals surface area contributed by atoms with E-state index in [4.69, 9.17) is 28.9 Å². The van der Waals surface area contributed by atoms with Gasteiger partial charge in [0.2, 0.25) is 0 Å². The van der Waals surface area contributed by atoms with E-state index in [0.717, 1.165) is 0 Å². The molecule has 122 valence electrons. The third-order valence-electron chi connectivity index (χ3n) is 4.38. The van der Waals surface area contributed by atoms with Crippen molar-refractivity contribution in [3.8, 4) is 11.1 Å². The van der Waals surface area contributed by atoms with Gasteiger partial charge in [0, 0.05) is 27.8 Å². The predicted molar refractivity (Wildman–Crippen MR) is 99.6 cm³/mol. The van der Waals surface area contributed by atoms with Crippen molar-refractivity contribution < 1.29 is 9.59 Å². The highest BCUT2D eigenvalue weighted by molar-refractivity contribution is 6.44. The molecule has 0 unspecified atom stereocenters. The van der Waals surface area contributed by atoms with E-state index in [0.29, 0.717) is 37.9 Å². The highest BCUT2D eigenvalue weighted by atomic mass is 35.5. The monoisotopic (exact) mass is 367 g/mol. The minimum absolute atomic E-state index is 0.208. The Labute approximate surface area is 154 Å². The lowest BCUT2D eigenvalue weighted by Gasteiger charge is -2.21. The summed E-state index contributed by atoms with van der Waals surface area (Å²) >= 11 is 12.4. The number of carbonyl (C=O) groups excluding carboxylic acids is 2. The Kier molecular flexibility index (Phi) is 3.64. The summed E-state index contributed by atoms with van der Waals surface area (Å²) in [4.78, 5) is 25.6. The van der Waals surface area contributed by atoms with Crippen LogP contribution in [0, 0.1) is 0 Å². The van der Waals surface area contributed by atoms with Gasteiger partial charge in [0.05, 0.1) is 21.3 Å². The number of halogens is 2. The molecule has 0 fully saturated rings. The van der Waals surface area contributed by atoms with Crippen LogP contribution in [0.5, 0.6) is 0 Å². The maximum absolute atomic E-state index is 12.9. The number of rotatable bonds is 1. The maximum atomic E-state index is 12.9. The molecule has 0 spiro atoms. The van der Waals surface area contributed by atoms with Crippen LogP contribution >= 0.6 is 23.2 Å². The minimum Gasteiger partial charge on any atom is -0.398 e. The van der Waals surface area contributed by atoms with Crippen LogP contribution in [-0.4, -0.2) is 11.6 Å². The lowest BCUT2D eigenvalue weighted by molar-refractivity contribution is 0.0980. The fourth-order valence-electron chi connectivity index (χ4n) is 3.16. The van der Waals surface area contributed by atoms with E-state index in [9.17, 15) is 9.59 Å². The molecule has 0 amide bonds. The summed E-state index contributed by atoms with van der Waals surface area (Å²) in [6, 6.07) is 15.3. The van der Waals surface area contributed by atoms with Crippen LogP contribution < -0.4 is 5.73 Å². The van der Waals surface area contributed by atoms with Gasteiger partial charge in [0.25, 0.3) is 0 Å². The molecule has 5 heteroatoms. The summed E-state index contributed by atoms with van der Waals surface area (Å²) in [6.07, 6.45) is 0. The van der Waals surface area contributed by atoms with Gasteiger partial charge in [-0.05, 0) is 12.1 Å². The van der Waals surface area contributed by atoms with Gasteiger partial charge in [0.1, 0.15) is 0 Å². The van der Waals surface area contributed by atoms with Crippen molar-refractivity contribution in [3.63, 3.8) is 0 Å². The quantitative estimate of drug-likeness (QED) is 0.480.